The molecule has 6 rings (SSSR count). The average Bonchev–Trinajstić information content (AvgIpc) is 3.13. The van der Waals surface area contributed by atoms with Gasteiger partial charge in [0.05, 0.1) is 18.3 Å². The minimum Gasteiger partial charge on any atom is -0.393 e. The van der Waals surface area contributed by atoms with Crippen LogP contribution in [0, 0.1) is 51.2 Å². The number of ketones is 1. The molecule has 3 nitrogen and oxygen atoms in total. The van der Waals surface area contributed by atoms with Crippen LogP contribution < -0.4 is 0 Å². The Morgan fingerprint density at radius 1 is 0.938 bits per heavy atom. The lowest BCUT2D eigenvalue weighted by Gasteiger charge is -2.59. The summed E-state index contributed by atoms with van der Waals surface area (Å²) in [5.41, 5.74) is 1.56. The second-order valence-corrected chi connectivity index (χ2v) is 14.0. The summed E-state index contributed by atoms with van der Waals surface area (Å²) in [6.45, 7) is 11.7. The second-order valence-electron chi connectivity index (χ2n) is 14.0. The van der Waals surface area contributed by atoms with Gasteiger partial charge in [0, 0.05) is 6.42 Å². The predicted octanol–water partition coefficient (Wildman–Crippen LogP) is 6.17. The van der Waals surface area contributed by atoms with Gasteiger partial charge in [0.15, 0.2) is 0 Å². The molecule has 11 atom stereocenters. The van der Waals surface area contributed by atoms with Gasteiger partial charge in [0.1, 0.15) is 5.78 Å². The summed E-state index contributed by atoms with van der Waals surface area (Å²) < 4.78 is 6.74. The number of carbonyl (C=O) groups is 1. The van der Waals surface area contributed by atoms with Gasteiger partial charge in [-0.3, -0.25) is 0 Å². The molecule has 0 aromatic carbocycles. The van der Waals surface area contributed by atoms with Crippen LogP contribution in [-0.4, -0.2) is 29.2 Å². The van der Waals surface area contributed by atoms with Crippen LogP contribution in [0.15, 0.2) is 0 Å². The third-order valence-electron chi connectivity index (χ3n) is 13.1. The van der Waals surface area contributed by atoms with Crippen molar-refractivity contribution in [2.24, 2.45) is 51.2 Å². The number of Topliss-reactive ketones (excluding diaryl/α,β-unsaturated/α-hetero) is 1. The van der Waals surface area contributed by atoms with E-state index >= 15 is 0 Å². The lowest BCUT2D eigenvalue weighted by atomic mass is 9.46. The Hall–Kier alpha value is -0.410. The van der Waals surface area contributed by atoms with Gasteiger partial charge in [-0.15, -0.1) is 0 Å². The molecule has 180 valence electrons. The van der Waals surface area contributed by atoms with E-state index in [4.69, 9.17) is 4.74 Å². The molecule has 0 radical (unpaired) electrons. The van der Waals surface area contributed by atoms with Crippen molar-refractivity contribution in [3.8, 4) is 0 Å². The van der Waals surface area contributed by atoms with Crippen LogP contribution in [0.1, 0.15) is 105 Å². The number of aliphatic hydroxyl groups is 1. The Bertz CT molecular complexity index is 804. The standard InChI is InChI=1S/C29H46O3/c1-17(30)6-7-19-8-9-21-23(32-19)16-22-20-10-11-24-26(3,4)25(31)12-13-29(24)18(2)28(20,29)15-14-27(21,22)5/h18-25,31H,6-16H2,1-5H3/t18-,19?,20-,21?,22?,23?,24?,25-,27+,28-,29?/m0/s1. The number of carbonyl (C=O) groups excluding carboxylic acids is 1. The Kier molecular flexibility index (Phi) is 4.72. The van der Waals surface area contributed by atoms with Gasteiger partial charge in [-0.25, -0.2) is 0 Å². The summed E-state index contributed by atoms with van der Waals surface area (Å²) in [6.07, 6.45) is 13.7. The van der Waals surface area contributed by atoms with Gasteiger partial charge in [-0.1, -0.05) is 27.7 Å². The van der Waals surface area contributed by atoms with Gasteiger partial charge in [0.2, 0.25) is 0 Å². The molecular formula is C29H46O3. The zero-order valence-electron chi connectivity index (χ0n) is 21.2. The Morgan fingerprint density at radius 3 is 2.44 bits per heavy atom. The first-order chi connectivity index (χ1) is 15.1. The molecule has 6 unspecified atom stereocenters. The smallest absolute Gasteiger partial charge is 0.129 e. The van der Waals surface area contributed by atoms with E-state index in [1.54, 1.807) is 6.92 Å². The number of hydrogen-bond donors (Lipinski definition) is 1. The molecule has 6 aliphatic rings. The van der Waals surface area contributed by atoms with Gasteiger partial charge >= 0.3 is 0 Å². The molecule has 5 aliphatic carbocycles. The third-order valence-corrected chi connectivity index (χ3v) is 13.1. The Balaban J connectivity index is 1.27. The SMILES string of the molecule is CC(=O)CCC1CCC2C(CC3[C@@H]4CCC5C(C)(C)[C@@H](O)CCC56[C@@H](C)[C@@]46CC[C@]23C)O1. The summed E-state index contributed by atoms with van der Waals surface area (Å²) in [5, 5.41) is 10.9. The zero-order valence-corrected chi connectivity index (χ0v) is 21.2. The zero-order chi connectivity index (χ0) is 22.7. The molecule has 32 heavy (non-hydrogen) atoms. The minimum atomic E-state index is -0.122. The van der Waals surface area contributed by atoms with Crippen LogP contribution in [0.3, 0.4) is 0 Å². The number of rotatable bonds is 3. The van der Waals surface area contributed by atoms with E-state index in [2.05, 4.69) is 27.7 Å². The quantitative estimate of drug-likeness (QED) is 0.568. The van der Waals surface area contributed by atoms with Crippen molar-refractivity contribution in [3.63, 3.8) is 0 Å². The van der Waals surface area contributed by atoms with Crippen molar-refractivity contribution in [1.82, 2.24) is 0 Å². The molecule has 1 aliphatic heterocycles. The van der Waals surface area contributed by atoms with Gasteiger partial charge in [-0.05, 0) is 122 Å². The lowest BCUT2D eigenvalue weighted by Crippen LogP contribution is -2.54. The van der Waals surface area contributed by atoms with E-state index < -0.39 is 0 Å². The van der Waals surface area contributed by atoms with E-state index in [0.29, 0.717) is 46.6 Å². The second kappa shape index (κ2) is 6.84. The highest BCUT2D eigenvalue weighted by Crippen LogP contribution is 2.89. The molecule has 0 bridgehead atoms. The number of ether oxygens (including phenoxy) is 1. The Labute approximate surface area is 195 Å². The maximum atomic E-state index is 11.5. The molecule has 1 saturated heterocycles. The summed E-state index contributed by atoms with van der Waals surface area (Å²) in [7, 11) is 0. The van der Waals surface area contributed by atoms with Crippen molar-refractivity contribution in [3.05, 3.63) is 0 Å². The van der Waals surface area contributed by atoms with Crippen LogP contribution >= 0.6 is 0 Å². The molecule has 2 spiro atoms. The molecule has 5 saturated carbocycles. The molecule has 1 N–H and O–H groups in total. The highest BCUT2D eigenvalue weighted by Gasteiger charge is 2.84. The largest absolute Gasteiger partial charge is 0.393 e. The number of hydrogen-bond acceptors (Lipinski definition) is 3. The summed E-state index contributed by atoms with van der Waals surface area (Å²) >= 11 is 0. The third kappa shape index (κ3) is 2.49. The van der Waals surface area contributed by atoms with E-state index in [1.165, 1.54) is 44.9 Å². The van der Waals surface area contributed by atoms with Crippen LogP contribution in [0.2, 0.25) is 0 Å². The van der Waals surface area contributed by atoms with Crippen molar-refractivity contribution >= 4 is 5.78 Å². The average molecular weight is 443 g/mol. The molecule has 6 fully saturated rings. The molecule has 3 heteroatoms. The monoisotopic (exact) mass is 442 g/mol. The molecule has 1 heterocycles. The maximum absolute atomic E-state index is 11.5. The van der Waals surface area contributed by atoms with Gasteiger partial charge in [-0.2, -0.15) is 0 Å². The lowest BCUT2D eigenvalue weighted by molar-refractivity contribution is -0.135. The van der Waals surface area contributed by atoms with Crippen LogP contribution in [0.4, 0.5) is 0 Å². The minimum absolute atomic E-state index is 0.0679. The van der Waals surface area contributed by atoms with Crippen molar-refractivity contribution < 1.29 is 14.6 Å². The summed E-state index contributed by atoms with van der Waals surface area (Å²) in [5.74, 6) is 4.24. The number of aliphatic hydroxyl groups excluding tert-OH is 1. The first-order valence-corrected chi connectivity index (χ1v) is 13.9. The summed E-state index contributed by atoms with van der Waals surface area (Å²) in [4.78, 5) is 11.5. The first kappa shape index (κ1) is 22.1. The van der Waals surface area contributed by atoms with Crippen molar-refractivity contribution in [2.45, 2.75) is 124 Å². The summed E-state index contributed by atoms with van der Waals surface area (Å²) in [6, 6.07) is 0. The van der Waals surface area contributed by atoms with E-state index in [9.17, 15) is 9.90 Å². The maximum Gasteiger partial charge on any atom is 0.129 e. The Morgan fingerprint density at radius 2 is 1.69 bits per heavy atom. The predicted molar refractivity (Wildman–Crippen MR) is 126 cm³/mol. The van der Waals surface area contributed by atoms with E-state index in [-0.39, 0.29) is 11.5 Å². The number of fused-ring (bicyclic) bond motifs is 4. The highest BCUT2D eigenvalue weighted by atomic mass is 16.5. The van der Waals surface area contributed by atoms with Gasteiger partial charge in [0.25, 0.3) is 0 Å². The van der Waals surface area contributed by atoms with Crippen LogP contribution in [0.25, 0.3) is 0 Å². The normalized spacial score (nSPS) is 57.4. The molecular weight excluding hydrogens is 396 g/mol. The molecule has 0 aromatic heterocycles. The van der Waals surface area contributed by atoms with Crippen molar-refractivity contribution in [2.75, 3.05) is 0 Å². The first-order valence-electron chi connectivity index (χ1n) is 13.9. The van der Waals surface area contributed by atoms with Crippen LogP contribution in [-0.2, 0) is 9.53 Å². The topological polar surface area (TPSA) is 46.5 Å². The fourth-order valence-electron chi connectivity index (χ4n) is 11.6. The van der Waals surface area contributed by atoms with Gasteiger partial charge < -0.3 is 14.6 Å². The molecule has 0 amide bonds. The molecule has 0 aromatic rings. The fraction of sp³-hybridized carbons (Fsp3) is 0.966. The fourth-order valence-corrected chi connectivity index (χ4v) is 11.6. The highest BCUT2D eigenvalue weighted by molar-refractivity contribution is 5.75. The van der Waals surface area contributed by atoms with E-state index in [1.807, 2.05) is 0 Å². The van der Waals surface area contributed by atoms with E-state index in [0.717, 1.165) is 42.9 Å². The van der Waals surface area contributed by atoms with Crippen LogP contribution in [0.5, 0.6) is 0 Å². The van der Waals surface area contributed by atoms with Crippen molar-refractivity contribution in [1.29, 1.82) is 0 Å².